The van der Waals surface area contributed by atoms with Crippen molar-refractivity contribution in [3.05, 3.63) is 29.8 Å². The Bertz CT molecular complexity index is 775. The molecule has 8 heteroatoms. The Labute approximate surface area is 170 Å². The molecule has 0 bridgehead atoms. The minimum Gasteiger partial charge on any atom is -0.497 e. The molecule has 3 heterocycles. The largest absolute Gasteiger partial charge is 0.497 e. The lowest BCUT2D eigenvalue weighted by molar-refractivity contribution is -0.156. The zero-order valence-electron chi connectivity index (χ0n) is 16.7. The molecule has 29 heavy (non-hydrogen) atoms. The van der Waals surface area contributed by atoms with Crippen molar-refractivity contribution in [3.63, 3.8) is 0 Å². The number of ether oxygens (including phenoxy) is 1. The molecule has 8 nitrogen and oxygen atoms in total. The normalized spacial score (nSPS) is 25.4. The molecule has 0 aromatic heterocycles. The van der Waals surface area contributed by atoms with Crippen LogP contribution in [-0.4, -0.2) is 79.4 Å². The van der Waals surface area contributed by atoms with E-state index in [9.17, 15) is 14.4 Å². The second-order valence-corrected chi connectivity index (χ2v) is 7.97. The molecule has 3 saturated heterocycles. The predicted octanol–water partition coefficient (Wildman–Crippen LogP) is -0.225. The number of piperazine rings is 2. The van der Waals surface area contributed by atoms with Crippen molar-refractivity contribution in [3.8, 4) is 5.75 Å². The summed E-state index contributed by atoms with van der Waals surface area (Å²) < 4.78 is 5.16. The quantitative estimate of drug-likeness (QED) is 0.729. The number of fused-ring (bicyclic) bond motifs is 1. The molecular formula is C21H28N4O4. The van der Waals surface area contributed by atoms with E-state index in [1.807, 2.05) is 24.3 Å². The molecule has 3 aliphatic heterocycles. The van der Waals surface area contributed by atoms with Crippen LogP contribution in [0.5, 0.6) is 5.75 Å². The van der Waals surface area contributed by atoms with Crippen molar-refractivity contribution in [1.82, 2.24) is 20.4 Å². The van der Waals surface area contributed by atoms with Gasteiger partial charge in [-0.3, -0.25) is 14.4 Å². The Kier molecular flexibility index (Phi) is 5.71. The van der Waals surface area contributed by atoms with Gasteiger partial charge in [-0.25, -0.2) is 0 Å². The minimum absolute atomic E-state index is 0.0213. The molecule has 3 aliphatic rings. The van der Waals surface area contributed by atoms with Crippen LogP contribution in [0.1, 0.15) is 18.4 Å². The van der Waals surface area contributed by atoms with E-state index in [2.05, 4.69) is 10.6 Å². The van der Waals surface area contributed by atoms with Gasteiger partial charge in [-0.1, -0.05) is 12.1 Å². The van der Waals surface area contributed by atoms with Crippen LogP contribution in [0.4, 0.5) is 0 Å². The lowest BCUT2D eigenvalue weighted by Crippen LogP contribution is -2.70. The Balaban J connectivity index is 1.40. The summed E-state index contributed by atoms with van der Waals surface area (Å²) in [6.07, 6.45) is 2.10. The lowest BCUT2D eigenvalue weighted by atomic mass is 9.94. The molecule has 0 aliphatic carbocycles. The summed E-state index contributed by atoms with van der Waals surface area (Å²) in [6, 6.07) is 6.34. The van der Waals surface area contributed by atoms with Gasteiger partial charge in [0.15, 0.2) is 0 Å². The number of carbonyl (C=O) groups excluding carboxylic acids is 3. The Hall–Kier alpha value is -2.61. The van der Waals surface area contributed by atoms with Crippen molar-refractivity contribution >= 4 is 17.7 Å². The molecular weight excluding hydrogens is 372 g/mol. The van der Waals surface area contributed by atoms with Crippen LogP contribution in [0.2, 0.25) is 0 Å². The molecule has 0 unspecified atom stereocenters. The molecule has 0 radical (unpaired) electrons. The van der Waals surface area contributed by atoms with E-state index in [4.69, 9.17) is 4.74 Å². The average Bonchev–Trinajstić information content (AvgIpc) is 2.77. The molecule has 4 rings (SSSR count). The fraction of sp³-hybridized carbons (Fsp3) is 0.571. The fourth-order valence-corrected chi connectivity index (χ4v) is 4.46. The number of nitrogens with one attached hydrogen (secondary N) is 2. The van der Waals surface area contributed by atoms with Gasteiger partial charge in [0.05, 0.1) is 13.7 Å². The lowest BCUT2D eigenvalue weighted by Gasteiger charge is -2.46. The highest BCUT2D eigenvalue weighted by Gasteiger charge is 2.44. The highest BCUT2D eigenvalue weighted by molar-refractivity contribution is 5.98. The first kappa shape index (κ1) is 19.7. The van der Waals surface area contributed by atoms with Crippen LogP contribution < -0.4 is 15.4 Å². The van der Waals surface area contributed by atoms with Crippen LogP contribution in [0.15, 0.2) is 24.3 Å². The summed E-state index contributed by atoms with van der Waals surface area (Å²) in [7, 11) is 1.61. The number of benzene rings is 1. The number of piperidine rings is 1. The summed E-state index contributed by atoms with van der Waals surface area (Å²) in [5.41, 5.74) is 0.961. The van der Waals surface area contributed by atoms with Gasteiger partial charge >= 0.3 is 0 Å². The molecule has 156 valence electrons. The summed E-state index contributed by atoms with van der Waals surface area (Å²) in [5, 5.41) is 6.14. The highest BCUT2D eigenvalue weighted by atomic mass is 16.5. The van der Waals surface area contributed by atoms with Gasteiger partial charge in [0, 0.05) is 25.4 Å². The molecule has 1 aromatic rings. The molecule has 2 N–H and O–H groups in total. The van der Waals surface area contributed by atoms with Gasteiger partial charge in [-0.2, -0.15) is 0 Å². The third kappa shape index (κ3) is 4.07. The van der Waals surface area contributed by atoms with Crippen LogP contribution >= 0.6 is 0 Å². The number of amides is 3. The summed E-state index contributed by atoms with van der Waals surface area (Å²) in [6.45, 7) is 2.90. The van der Waals surface area contributed by atoms with Gasteiger partial charge < -0.3 is 25.2 Å². The minimum atomic E-state index is -0.589. The number of rotatable bonds is 4. The Morgan fingerprint density at radius 3 is 2.55 bits per heavy atom. The maximum atomic E-state index is 13.0. The van der Waals surface area contributed by atoms with Crippen LogP contribution in [0.25, 0.3) is 0 Å². The van der Waals surface area contributed by atoms with Gasteiger partial charge in [-0.15, -0.1) is 0 Å². The summed E-state index contributed by atoms with van der Waals surface area (Å²) in [4.78, 5) is 42.0. The second kappa shape index (κ2) is 8.41. The van der Waals surface area contributed by atoms with Gasteiger partial charge in [0.25, 0.3) is 0 Å². The maximum absolute atomic E-state index is 13.0. The van der Waals surface area contributed by atoms with Crippen molar-refractivity contribution < 1.29 is 19.1 Å². The number of hydrogen-bond donors (Lipinski definition) is 2. The van der Waals surface area contributed by atoms with Crippen LogP contribution in [-0.2, 0) is 20.8 Å². The van der Waals surface area contributed by atoms with E-state index in [1.54, 1.807) is 16.9 Å². The standard InChI is InChI=1S/C21H28N4O4/c1-29-16-4-2-14(3-5-16)12-17-21(28)25-11-10-24(13-18(25)19(26)23-17)20(27)15-6-8-22-9-7-15/h2-5,15,17-18,22H,6-13H2,1H3,(H,23,26)/t17-,18+/m0/s1. The van der Waals surface area contributed by atoms with Crippen LogP contribution in [0, 0.1) is 5.92 Å². The Morgan fingerprint density at radius 1 is 1.14 bits per heavy atom. The first-order valence-electron chi connectivity index (χ1n) is 10.3. The van der Waals surface area contributed by atoms with E-state index in [0.29, 0.717) is 19.5 Å². The van der Waals surface area contributed by atoms with Crippen molar-refractivity contribution in [2.45, 2.75) is 31.3 Å². The number of hydrogen-bond acceptors (Lipinski definition) is 5. The van der Waals surface area contributed by atoms with E-state index < -0.39 is 12.1 Å². The first-order valence-corrected chi connectivity index (χ1v) is 10.3. The molecule has 1 aromatic carbocycles. The predicted molar refractivity (Wildman–Crippen MR) is 106 cm³/mol. The summed E-state index contributed by atoms with van der Waals surface area (Å²) >= 11 is 0. The molecule has 0 saturated carbocycles. The van der Waals surface area contributed by atoms with E-state index in [-0.39, 0.29) is 30.2 Å². The third-order valence-corrected chi connectivity index (χ3v) is 6.18. The van der Waals surface area contributed by atoms with E-state index in [1.165, 1.54) is 0 Å². The van der Waals surface area contributed by atoms with Crippen LogP contribution in [0.3, 0.4) is 0 Å². The smallest absolute Gasteiger partial charge is 0.246 e. The molecule has 0 spiro atoms. The fourth-order valence-electron chi connectivity index (χ4n) is 4.46. The number of carbonyl (C=O) groups is 3. The molecule has 3 amide bonds. The molecule has 2 atom stereocenters. The zero-order valence-corrected chi connectivity index (χ0v) is 16.7. The zero-order chi connectivity index (χ0) is 20.4. The Morgan fingerprint density at radius 2 is 1.86 bits per heavy atom. The SMILES string of the molecule is COc1ccc(C[C@@H]2NC(=O)[C@H]3CN(C(=O)C4CCNCC4)CCN3C2=O)cc1. The van der Waals surface area contributed by atoms with Gasteiger partial charge in [0.2, 0.25) is 17.7 Å². The van der Waals surface area contributed by atoms with Crippen molar-refractivity contribution in [2.24, 2.45) is 5.92 Å². The van der Waals surface area contributed by atoms with E-state index >= 15 is 0 Å². The average molecular weight is 400 g/mol. The first-order chi connectivity index (χ1) is 14.1. The number of nitrogens with zero attached hydrogens (tertiary/aromatic N) is 2. The topological polar surface area (TPSA) is 91.0 Å². The van der Waals surface area contributed by atoms with Gasteiger partial charge in [-0.05, 0) is 43.6 Å². The van der Waals surface area contributed by atoms with Gasteiger partial charge in [0.1, 0.15) is 17.8 Å². The molecule has 3 fully saturated rings. The second-order valence-electron chi connectivity index (χ2n) is 7.97. The summed E-state index contributed by atoms with van der Waals surface area (Å²) in [5.74, 6) is 0.646. The van der Waals surface area contributed by atoms with E-state index in [0.717, 1.165) is 37.2 Å². The third-order valence-electron chi connectivity index (χ3n) is 6.18. The number of methoxy groups -OCH3 is 1. The highest BCUT2D eigenvalue weighted by Crippen LogP contribution is 2.22. The maximum Gasteiger partial charge on any atom is 0.246 e. The van der Waals surface area contributed by atoms with Crippen molar-refractivity contribution in [2.75, 3.05) is 39.8 Å². The van der Waals surface area contributed by atoms with Crippen molar-refractivity contribution in [1.29, 1.82) is 0 Å². The monoisotopic (exact) mass is 400 g/mol.